The van der Waals surface area contributed by atoms with E-state index in [1.54, 1.807) is 12.0 Å². The minimum atomic E-state index is -0.366. The first-order valence-electron chi connectivity index (χ1n) is 15.5. The summed E-state index contributed by atoms with van der Waals surface area (Å²) in [6.45, 7) is 6.06. The molecule has 0 bridgehead atoms. The van der Waals surface area contributed by atoms with Crippen molar-refractivity contribution in [1.29, 1.82) is 0 Å². The van der Waals surface area contributed by atoms with Gasteiger partial charge in [-0.05, 0) is 30.2 Å². The molecule has 2 aliphatic heterocycles. The van der Waals surface area contributed by atoms with Crippen LogP contribution in [0.1, 0.15) is 43.7 Å². The topological polar surface area (TPSA) is 159 Å². The SMILES string of the molecule is CCCC[C@@H](CO)Nc1nc(N)nc2ccn(Cc3cc(CN4CCN(C(=O)CCN5C(=O)C=CC5=O)CC4)ccc3OC)c12. The number of aliphatic hydroxyl groups excluding tert-OH is 1. The molecule has 4 N–H and O–H groups in total. The van der Waals surface area contributed by atoms with Gasteiger partial charge in [-0.3, -0.25) is 24.2 Å². The van der Waals surface area contributed by atoms with E-state index in [4.69, 9.17) is 10.5 Å². The van der Waals surface area contributed by atoms with Crippen molar-refractivity contribution in [1.82, 2.24) is 29.2 Å². The number of aromatic nitrogens is 3. The number of anilines is 2. The molecule has 45 heavy (non-hydrogen) atoms. The fourth-order valence-electron chi connectivity index (χ4n) is 5.88. The Morgan fingerprint density at radius 1 is 1.09 bits per heavy atom. The Morgan fingerprint density at radius 2 is 1.84 bits per heavy atom. The van der Waals surface area contributed by atoms with Gasteiger partial charge in [-0.25, -0.2) is 4.98 Å². The van der Waals surface area contributed by atoms with Gasteiger partial charge in [0.15, 0.2) is 5.82 Å². The number of rotatable bonds is 14. The summed E-state index contributed by atoms with van der Waals surface area (Å²) in [5.74, 6) is 0.746. The quantitative estimate of drug-likeness (QED) is 0.228. The number of hydrogen-bond acceptors (Lipinski definition) is 10. The molecular formula is C32H42N8O5. The number of ether oxygens (including phenoxy) is 1. The summed E-state index contributed by atoms with van der Waals surface area (Å²) in [7, 11) is 1.66. The van der Waals surface area contributed by atoms with Crippen molar-refractivity contribution in [2.24, 2.45) is 0 Å². The molecule has 5 rings (SSSR count). The molecule has 0 saturated carbocycles. The lowest BCUT2D eigenvalue weighted by Crippen LogP contribution is -2.49. The molecule has 2 aromatic heterocycles. The highest BCUT2D eigenvalue weighted by atomic mass is 16.5. The number of fused-ring (bicyclic) bond motifs is 1. The van der Waals surface area contributed by atoms with Crippen molar-refractivity contribution in [2.75, 3.05) is 57.5 Å². The molecule has 0 radical (unpaired) electrons. The number of nitrogens with one attached hydrogen (secondary N) is 1. The largest absolute Gasteiger partial charge is 0.496 e. The number of carbonyl (C=O) groups excluding carboxylic acids is 3. The molecule has 1 aromatic carbocycles. The van der Waals surface area contributed by atoms with E-state index in [0.29, 0.717) is 25.5 Å². The standard InChI is InChI=1S/C32H42N8O5/c1-3-4-5-24(21-41)34-31-30-25(35-32(33)36-31)10-12-39(30)20-23-18-22(6-7-26(23)45-2)19-37-14-16-38(17-15-37)27(42)11-13-40-28(43)8-9-29(40)44/h6-10,12,18,24,41H,3-5,11,13-17,19-21H2,1-2H3,(H3,33,34,35,36)/t24-/m0/s1. The van der Waals surface area contributed by atoms with Crippen LogP contribution in [0.5, 0.6) is 5.75 Å². The van der Waals surface area contributed by atoms with E-state index in [1.807, 2.05) is 18.3 Å². The van der Waals surface area contributed by atoms with Crippen LogP contribution in [0.3, 0.4) is 0 Å². The van der Waals surface area contributed by atoms with Crippen LogP contribution in [-0.4, -0.2) is 105 Å². The number of nitrogen functional groups attached to an aromatic ring is 1. The van der Waals surface area contributed by atoms with E-state index in [0.717, 1.165) is 71.7 Å². The summed E-state index contributed by atoms with van der Waals surface area (Å²) in [6.07, 6.45) is 7.39. The van der Waals surface area contributed by atoms with Crippen molar-refractivity contribution >= 4 is 40.5 Å². The number of aliphatic hydroxyl groups is 1. The number of nitrogens with zero attached hydrogens (tertiary/aromatic N) is 6. The summed E-state index contributed by atoms with van der Waals surface area (Å²) in [6, 6.07) is 7.94. The highest BCUT2D eigenvalue weighted by Gasteiger charge is 2.26. The van der Waals surface area contributed by atoms with Crippen LogP contribution in [0.15, 0.2) is 42.6 Å². The van der Waals surface area contributed by atoms with Gasteiger partial charge in [-0.2, -0.15) is 4.98 Å². The van der Waals surface area contributed by atoms with Crippen molar-refractivity contribution in [3.8, 4) is 5.75 Å². The first kappa shape index (κ1) is 31.9. The fraction of sp³-hybridized carbons (Fsp3) is 0.469. The van der Waals surface area contributed by atoms with E-state index in [2.05, 4.69) is 43.8 Å². The zero-order valence-corrected chi connectivity index (χ0v) is 25.9. The van der Waals surface area contributed by atoms with Gasteiger partial charge >= 0.3 is 0 Å². The number of methoxy groups -OCH3 is 1. The lowest BCUT2D eigenvalue weighted by Gasteiger charge is -2.35. The maximum Gasteiger partial charge on any atom is 0.253 e. The van der Waals surface area contributed by atoms with E-state index < -0.39 is 0 Å². The third-order valence-corrected chi connectivity index (χ3v) is 8.36. The first-order chi connectivity index (χ1) is 21.8. The Labute approximate surface area is 262 Å². The summed E-state index contributed by atoms with van der Waals surface area (Å²) in [5, 5.41) is 13.3. The van der Waals surface area contributed by atoms with Crippen LogP contribution < -0.4 is 15.8 Å². The highest BCUT2D eigenvalue weighted by Crippen LogP contribution is 2.28. The Morgan fingerprint density at radius 3 is 2.53 bits per heavy atom. The summed E-state index contributed by atoms with van der Waals surface area (Å²) >= 11 is 0. The van der Waals surface area contributed by atoms with E-state index >= 15 is 0 Å². The molecule has 3 aromatic rings. The van der Waals surface area contributed by atoms with Crippen LogP contribution in [-0.2, 0) is 27.5 Å². The van der Waals surface area contributed by atoms with E-state index in [9.17, 15) is 19.5 Å². The average Bonchev–Trinajstić information content (AvgIpc) is 3.59. The number of amides is 3. The van der Waals surface area contributed by atoms with Gasteiger partial charge < -0.3 is 30.4 Å². The van der Waals surface area contributed by atoms with E-state index in [-0.39, 0.29) is 49.3 Å². The van der Waals surface area contributed by atoms with Gasteiger partial charge in [0.1, 0.15) is 11.3 Å². The Balaban J connectivity index is 1.24. The van der Waals surface area contributed by atoms with Crippen LogP contribution in [0, 0.1) is 0 Å². The predicted molar refractivity (Wildman–Crippen MR) is 170 cm³/mol. The molecule has 3 amide bonds. The average molecular weight is 619 g/mol. The molecule has 1 fully saturated rings. The molecule has 1 atom stereocenters. The number of imide groups is 1. The molecule has 13 heteroatoms. The van der Waals surface area contributed by atoms with Gasteiger partial charge in [-0.1, -0.05) is 25.8 Å². The fourth-order valence-corrected chi connectivity index (χ4v) is 5.88. The third kappa shape index (κ3) is 7.60. The zero-order valence-electron chi connectivity index (χ0n) is 25.9. The molecule has 0 aliphatic carbocycles. The van der Waals surface area contributed by atoms with Gasteiger partial charge in [0.25, 0.3) is 11.8 Å². The summed E-state index contributed by atoms with van der Waals surface area (Å²) in [4.78, 5) is 50.4. The second kappa shape index (κ2) is 14.5. The van der Waals surface area contributed by atoms with Crippen molar-refractivity contribution in [2.45, 2.75) is 51.7 Å². The molecule has 0 spiro atoms. The van der Waals surface area contributed by atoms with Gasteiger partial charge in [0.05, 0.1) is 31.8 Å². The number of nitrogens with two attached hydrogens (primary N) is 1. The van der Waals surface area contributed by atoms with Crippen molar-refractivity contribution in [3.63, 3.8) is 0 Å². The second-order valence-electron chi connectivity index (χ2n) is 11.5. The lowest BCUT2D eigenvalue weighted by atomic mass is 10.1. The summed E-state index contributed by atoms with van der Waals surface area (Å²) in [5.41, 5.74) is 9.67. The lowest BCUT2D eigenvalue weighted by molar-refractivity contribution is -0.138. The molecule has 13 nitrogen and oxygen atoms in total. The number of hydrogen-bond donors (Lipinski definition) is 3. The molecule has 240 valence electrons. The number of unbranched alkanes of at least 4 members (excludes halogenated alkanes) is 1. The third-order valence-electron chi connectivity index (χ3n) is 8.36. The maximum absolute atomic E-state index is 12.7. The van der Waals surface area contributed by atoms with E-state index in [1.165, 1.54) is 12.2 Å². The predicted octanol–water partition coefficient (Wildman–Crippen LogP) is 1.99. The Kier molecular flexibility index (Phi) is 10.3. The van der Waals surface area contributed by atoms with Crippen LogP contribution in [0.2, 0.25) is 0 Å². The number of carbonyl (C=O) groups is 3. The zero-order chi connectivity index (χ0) is 31.9. The van der Waals surface area contributed by atoms with Crippen LogP contribution in [0.25, 0.3) is 11.0 Å². The second-order valence-corrected chi connectivity index (χ2v) is 11.5. The summed E-state index contributed by atoms with van der Waals surface area (Å²) < 4.78 is 7.79. The molecular weight excluding hydrogens is 576 g/mol. The van der Waals surface area contributed by atoms with Gasteiger partial charge in [0, 0.05) is 69.6 Å². The Bertz CT molecular complexity index is 1540. The van der Waals surface area contributed by atoms with Crippen LogP contribution in [0.4, 0.5) is 11.8 Å². The minimum Gasteiger partial charge on any atom is -0.496 e. The normalized spacial score (nSPS) is 16.2. The number of piperazine rings is 1. The molecule has 1 saturated heterocycles. The van der Waals surface area contributed by atoms with Gasteiger partial charge in [0.2, 0.25) is 11.9 Å². The van der Waals surface area contributed by atoms with Gasteiger partial charge in [-0.15, -0.1) is 0 Å². The Hall–Kier alpha value is -4.49. The first-order valence-corrected chi connectivity index (χ1v) is 15.5. The molecule has 0 unspecified atom stereocenters. The van der Waals surface area contributed by atoms with Crippen LogP contribution >= 0.6 is 0 Å². The van der Waals surface area contributed by atoms with Crippen molar-refractivity contribution < 1.29 is 24.2 Å². The monoisotopic (exact) mass is 618 g/mol. The highest BCUT2D eigenvalue weighted by molar-refractivity contribution is 6.13. The molecule has 4 heterocycles. The molecule has 2 aliphatic rings. The number of benzene rings is 1. The smallest absolute Gasteiger partial charge is 0.253 e. The van der Waals surface area contributed by atoms with Crippen molar-refractivity contribution in [3.05, 3.63) is 53.7 Å². The minimum absolute atomic E-state index is 0.0112. The maximum atomic E-state index is 12.7.